The molecule has 4 aromatic rings. The average molecular weight is 466 g/mol. The van der Waals surface area contributed by atoms with Gasteiger partial charge in [0.1, 0.15) is 10.5 Å². The molecule has 4 rings (SSSR count). The molecule has 168 valence electrons. The molecule has 0 atom stereocenters. The number of hydrogen-bond donors (Lipinski definition) is 2. The molecule has 0 aliphatic heterocycles. The number of nitrogens with one attached hydrogen (secondary N) is 1. The zero-order valence-corrected chi connectivity index (χ0v) is 17.7. The molecule has 0 saturated carbocycles. The summed E-state index contributed by atoms with van der Waals surface area (Å²) in [6, 6.07) is 1.85. The molecule has 4 heterocycles. The number of halogens is 3. The van der Waals surface area contributed by atoms with Crippen molar-refractivity contribution in [1.29, 1.82) is 0 Å². The summed E-state index contributed by atoms with van der Waals surface area (Å²) < 4.78 is 45.2. The smallest absolute Gasteiger partial charge is 0.402 e. The molecule has 0 saturated heterocycles. The predicted octanol–water partition coefficient (Wildman–Crippen LogP) is 2.07. The highest BCUT2D eigenvalue weighted by atomic mass is 32.1. The predicted molar refractivity (Wildman–Crippen MR) is 112 cm³/mol. The van der Waals surface area contributed by atoms with Crippen LogP contribution in [0.1, 0.15) is 10.7 Å². The third-order valence-electron chi connectivity index (χ3n) is 4.58. The number of ether oxygens (including phenoxy) is 1. The SMILES string of the molecule is CN=CC(OC(F)(F)F)=C(N)Cn1ncc2c3sc(Cc4ccn[nH]4)nc3n(C)c2c1=O. The molecule has 0 aromatic carbocycles. The number of aryl methyl sites for hydroxylation is 1. The van der Waals surface area contributed by atoms with Crippen LogP contribution in [0.4, 0.5) is 13.2 Å². The van der Waals surface area contributed by atoms with E-state index in [1.165, 1.54) is 24.6 Å². The van der Waals surface area contributed by atoms with E-state index in [-0.39, 0.29) is 5.70 Å². The van der Waals surface area contributed by atoms with Crippen molar-refractivity contribution in [2.45, 2.75) is 19.3 Å². The van der Waals surface area contributed by atoms with Crippen molar-refractivity contribution in [3.63, 3.8) is 0 Å². The number of aliphatic imine (C=N–C) groups is 1. The van der Waals surface area contributed by atoms with Crippen LogP contribution in [0.25, 0.3) is 21.3 Å². The van der Waals surface area contributed by atoms with E-state index in [0.29, 0.717) is 23.0 Å². The Kier molecular flexibility index (Phi) is 5.46. The summed E-state index contributed by atoms with van der Waals surface area (Å²) in [4.78, 5) is 21.2. The molecule has 0 aliphatic carbocycles. The second kappa shape index (κ2) is 8.11. The molecule has 10 nitrogen and oxygen atoms in total. The van der Waals surface area contributed by atoms with E-state index < -0.39 is 24.2 Å². The number of alkyl halides is 3. The van der Waals surface area contributed by atoms with E-state index in [1.807, 2.05) is 6.07 Å². The van der Waals surface area contributed by atoms with Crippen LogP contribution < -0.4 is 11.3 Å². The minimum atomic E-state index is -4.95. The number of fused-ring (bicyclic) bond motifs is 3. The standard InChI is InChI=1S/C18H17F3N8O2S/c1-23-7-12(31-18(19,20)21)11(22)8-29-17(30)14-10(6-25-29)15-16(28(14)2)26-13(32-15)5-9-3-4-24-27-9/h3-4,6-7H,5,8,22H2,1-2H3,(H,24,27). The first-order valence-corrected chi connectivity index (χ1v) is 9.98. The molecule has 4 aromatic heterocycles. The summed E-state index contributed by atoms with van der Waals surface area (Å²) in [5.74, 6) is -0.702. The second-order valence-electron chi connectivity index (χ2n) is 6.77. The maximum absolute atomic E-state index is 13.0. The highest BCUT2D eigenvalue weighted by Gasteiger charge is 2.32. The summed E-state index contributed by atoms with van der Waals surface area (Å²) in [6.45, 7) is -0.413. The first-order chi connectivity index (χ1) is 15.2. The Morgan fingerprint density at radius 3 is 2.88 bits per heavy atom. The first kappa shape index (κ1) is 21.5. The van der Waals surface area contributed by atoms with Gasteiger partial charge in [-0.3, -0.25) is 14.9 Å². The Balaban J connectivity index is 1.73. The lowest BCUT2D eigenvalue weighted by molar-refractivity contribution is -0.302. The van der Waals surface area contributed by atoms with Gasteiger partial charge in [0.15, 0.2) is 11.4 Å². The number of rotatable bonds is 6. The van der Waals surface area contributed by atoms with Crippen LogP contribution in [-0.2, 0) is 24.8 Å². The fraction of sp³-hybridized carbons (Fsp3) is 0.278. The third kappa shape index (κ3) is 4.08. The van der Waals surface area contributed by atoms with Gasteiger partial charge in [0, 0.05) is 37.8 Å². The third-order valence-corrected chi connectivity index (χ3v) is 5.66. The summed E-state index contributed by atoms with van der Waals surface area (Å²) in [6.07, 6.45) is -0.431. The van der Waals surface area contributed by atoms with Crippen LogP contribution >= 0.6 is 11.3 Å². The van der Waals surface area contributed by atoms with Crippen molar-refractivity contribution < 1.29 is 17.9 Å². The van der Waals surface area contributed by atoms with Crippen molar-refractivity contribution in [3.8, 4) is 0 Å². The van der Waals surface area contributed by atoms with Crippen LogP contribution in [0, 0.1) is 0 Å². The quantitative estimate of drug-likeness (QED) is 0.331. The largest absolute Gasteiger partial charge is 0.573 e. The average Bonchev–Trinajstić information content (AvgIpc) is 3.42. The highest BCUT2D eigenvalue weighted by Crippen LogP contribution is 2.31. The number of nitrogens with zero attached hydrogens (tertiary/aromatic N) is 6. The zero-order valence-electron chi connectivity index (χ0n) is 16.8. The van der Waals surface area contributed by atoms with Gasteiger partial charge >= 0.3 is 6.36 Å². The summed E-state index contributed by atoms with van der Waals surface area (Å²) in [5, 5.41) is 12.3. The fourth-order valence-electron chi connectivity index (χ4n) is 3.22. The van der Waals surface area contributed by atoms with E-state index >= 15 is 0 Å². The molecular formula is C18H17F3N8O2S. The molecule has 0 amide bonds. The Hall–Kier alpha value is -3.68. The van der Waals surface area contributed by atoms with E-state index in [1.54, 1.807) is 17.8 Å². The van der Waals surface area contributed by atoms with Gasteiger partial charge in [0.25, 0.3) is 5.56 Å². The maximum Gasteiger partial charge on any atom is 0.573 e. The van der Waals surface area contributed by atoms with Gasteiger partial charge in [-0.25, -0.2) is 9.67 Å². The van der Waals surface area contributed by atoms with E-state index in [0.717, 1.165) is 26.3 Å². The van der Waals surface area contributed by atoms with E-state index in [4.69, 9.17) is 5.73 Å². The Labute approximate surface area is 181 Å². The topological polar surface area (TPSA) is 129 Å². The maximum atomic E-state index is 13.0. The van der Waals surface area contributed by atoms with Crippen LogP contribution in [0.2, 0.25) is 0 Å². The Bertz CT molecular complexity index is 1400. The van der Waals surface area contributed by atoms with Gasteiger partial charge in [0.05, 0.1) is 29.4 Å². The molecule has 32 heavy (non-hydrogen) atoms. The van der Waals surface area contributed by atoms with Crippen LogP contribution in [0.15, 0.2) is 39.7 Å². The first-order valence-electron chi connectivity index (χ1n) is 9.16. The van der Waals surface area contributed by atoms with Gasteiger partial charge in [-0.2, -0.15) is 10.2 Å². The number of aromatic amines is 1. The number of thiazole rings is 1. The van der Waals surface area contributed by atoms with Crippen molar-refractivity contribution in [2.24, 2.45) is 17.8 Å². The molecule has 0 fully saturated rings. The summed E-state index contributed by atoms with van der Waals surface area (Å²) in [5.41, 5.74) is 6.74. The van der Waals surface area contributed by atoms with Crippen molar-refractivity contribution in [2.75, 3.05) is 7.05 Å². The highest BCUT2D eigenvalue weighted by molar-refractivity contribution is 7.19. The number of hydrogen-bond acceptors (Lipinski definition) is 8. The number of nitrogens with two attached hydrogens (primary N) is 1. The monoisotopic (exact) mass is 466 g/mol. The molecular weight excluding hydrogens is 449 g/mol. The van der Waals surface area contributed by atoms with Crippen LogP contribution in [0.5, 0.6) is 0 Å². The molecule has 0 aliphatic rings. The van der Waals surface area contributed by atoms with Crippen LogP contribution in [0.3, 0.4) is 0 Å². The molecule has 0 radical (unpaired) electrons. The molecule has 14 heteroatoms. The molecule has 0 unspecified atom stereocenters. The molecule has 0 bridgehead atoms. The minimum Gasteiger partial charge on any atom is -0.402 e. The lowest BCUT2D eigenvalue weighted by Gasteiger charge is -2.13. The van der Waals surface area contributed by atoms with Gasteiger partial charge in [-0.15, -0.1) is 24.5 Å². The Morgan fingerprint density at radius 2 is 2.22 bits per heavy atom. The lowest BCUT2D eigenvalue weighted by Crippen LogP contribution is -2.28. The zero-order chi connectivity index (χ0) is 23.0. The fourth-order valence-corrected chi connectivity index (χ4v) is 4.35. The second-order valence-corrected chi connectivity index (χ2v) is 7.86. The molecule has 3 N–H and O–H groups in total. The lowest BCUT2D eigenvalue weighted by atomic mass is 10.3. The van der Waals surface area contributed by atoms with Gasteiger partial charge in [-0.05, 0) is 6.07 Å². The van der Waals surface area contributed by atoms with Crippen LogP contribution in [-0.4, -0.2) is 49.2 Å². The number of aromatic nitrogens is 6. The van der Waals surface area contributed by atoms with Crippen molar-refractivity contribution in [3.05, 3.63) is 51.0 Å². The Morgan fingerprint density at radius 1 is 1.44 bits per heavy atom. The number of allylic oxidation sites excluding steroid dienone is 2. The van der Waals surface area contributed by atoms with Gasteiger partial charge in [0.2, 0.25) is 0 Å². The summed E-state index contributed by atoms with van der Waals surface area (Å²) >= 11 is 1.43. The van der Waals surface area contributed by atoms with Crippen molar-refractivity contribution >= 4 is 38.8 Å². The number of H-pyrrole nitrogens is 1. The van der Waals surface area contributed by atoms with E-state index in [2.05, 4.69) is 30.0 Å². The normalized spacial score (nSPS) is 13.4. The summed E-state index contributed by atoms with van der Waals surface area (Å²) in [7, 11) is 2.96. The van der Waals surface area contributed by atoms with Gasteiger partial charge in [-0.1, -0.05) is 0 Å². The van der Waals surface area contributed by atoms with E-state index in [9.17, 15) is 18.0 Å². The minimum absolute atomic E-state index is 0.317. The molecule has 0 spiro atoms. The van der Waals surface area contributed by atoms with Gasteiger partial charge < -0.3 is 15.0 Å². The van der Waals surface area contributed by atoms with Crippen molar-refractivity contribution in [1.82, 2.24) is 29.5 Å².